The molecule has 2 heterocycles. The van der Waals surface area contributed by atoms with Crippen LogP contribution in [-0.2, 0) is 21.4 Å². The fraction of sp³-hybridized carbons (Fsp3) is 0.304. The second-order valence-electron chi connectivity index (χ2n) is 7.61. The quantitative estimate of drug-likeness (QED) is 0.395. The van der Waals surface area contributed by atoms with Gasteiger partial charge in [0.15, 0.2) is 5.16 Å². The van der Waals surface area contributed by atoms with Crippen LogP contribution < -0.4 is 5.32 Å². The van der Waals surface area contributed by atoms with Gasteiger partial charge in [0.25, 0.3) is 0 Å². The zero-order valence-corrected chi connectivity index (χ0v) is 19.4. The lowest BCUT2D eigenvalue weighted by molar-refractivity contribution is -0.113. The summed E-state index contributed by atoms with van der Waals surface area (Å²) in [5, 5.41) is 3.55. The summed E-state index contributed by atoms with van der Waals surface area (Å²) >= 11 is 1.34. The maximum atomic E-state index is 12.9. The van der Waals surface area contributed by atoms with Crippen molar-refractivity contribution >= 4 is 44.4 Å². The predicted octanol–water partition coefficient (Wildman–Crippen LogP) is 4.13. The number of piperidine rings is 1. The minimum atomic E-state index is -3.55. The minimum absolute atomic E-state index is 0.156. The van der Waals surface area contributed by atoms with Crippen LogP contribution in [0.2, 0.25) is 0 Å². The highest BCUT2D eigenvalue weighted by atomic mass is 32.2. The van der Waals surface area contributed by atoms with Crippen LogP contribution in [0.15, 0.2) is 71.2 Å². The molecule has 168 valence electrons. The van der Waals surface area contributed by atoms with Crippen LogP contribution >= 0.6 is 11.8 Å². The highest BCUT2D eigenvalue weighted by Crippen LogP contribution is 2.25. The molecule has 1 fully saturated rings. The first-order chi connectivity index (χ1) is 15.5. The molecule has 1 N–H and O–H groups in total. The fourth-order valence-corrected chi connectivity index (χ4v) is 6.17. The summed E-state index contributed by atoms with van der Waals surface area (Å²) in [6, 6.07) is 14.3. The van der Waals surface area contributed by atoms with E-state index in [1.54, 1.807) is 24.3 Å². The van der Waals surface area contributed by atoms with Gasteiger partial charge >= 0.3 is 0 Å². The maximum absolute atomic E-state index is 12.9. The summed E-state index contributed by atoms with van der Waals surface area (Å²) in [5.41, 5.74) is 2.33. The van der Waals surface area contributed by atoms with Crippen LogP contribution in [0, 0.1) is 0 Å². The van der Waals surface area contributed by atoms with E-state index in [0.29, 0.717) is 25.3 Å². The molecule has 0 saturated carbocycles. The Kier molecular flexibility index (Phi) is 6.98. The highest BCUT2D eigenvalue weighted by molar-refractivity contribution is 7.99. The number of imidazole rings is 1. The van der Waals surface area contributed by atoms with Crippen molar-refractivity contribution in [2.45, 2.75) is 35.9 Å². The number of allylic oxidation sites excluding steroid dienone is 1. The fourth-order valence-electron chi connectivity index (χ4n) is 3.78. The van der Waals surface area contributed by atoms with Crippen molar-refractivity contribution in [3.05, 3.63) is 61.2 Å². The summed E-state index contributed by atoms with van der Waals surface area (Å²) < 4.78 is 29.4. The summed E-state index contributed by atoms with van der Waals surface area (Å²) in [6.07, 6.45) is 4.61. The van der Waals surface area contributed by atoms with E-state index in [1.165, 1.54) is 22.1 Å². The van der Waals surface area contributed by atoms with Crippen LogP contribution in [0.3, 0.4) is 0 Å². The van der Waals surface area contributed by atoms with Gasteiger partial charge in [-0.1, -0.05) is 42.5 Å². The Morgan fingerprint density at radius 3 is 2.69 bits per heavy atom. The SMILES string of the molecule is C=CCn1c(SCC(=O)Nc2cccc(S(=O)(=O)N3CCCCC3)c2)nc2ccccc21. The molecule has 1 aliphatic rings. The smallest absolute Gasteiger partial charge is 0.243 e. The lowest BCUT2D eigenvalue weighted by atomic mass is 10.2. The molecule has 0 unspecified atom stereocenters. The monoisotopic (exact) mass is 470 g/mol. The number of thioether (sulfide) groups is 1. The Balaban J connectivity index is 1.44. The number of nitrogens with one attached hydrogen (secondary N) is 1. The Bertz CT molecular complexity index is 1230. The Morgan fingerprint density at radius 2 is 1.91 bits per heavy atom. The molecule has 0 atom stereocenters. The number of hydrogen-bond donors (Lipinski definition) is 1. The third-order valence-corrected chi connectivity index (χ3v) is 8.21. The van der Waals surface area contributed by atoms with E-state index in [4.69, 9.17) is 0 Å². The predicted molar refractivity (Wildman–Crippen MR) is 128 cm³/mol. The van der Waals surface area contributed by atoms with Crippen molar-refractivity contribution in [2.24, 2.45) is 0 Å². The van der Waals surface area contributed by atoms with E-state index in [1.807, 2.05) is 28.8 Å². The molecular weight excluding hydrogens is 444 g/mol. The number of hydrogen-bond acceptors (Lipinski definition) is 5. The number of anilines is 1. The first kappa shape index (κ1) is 22.6. The highest BCUT2D eigenvalue weighted by Gasteiger charge is 2.26. The molecule has 7 nitrogen and oxygen atoms in total. The molecule has 9 heteroatoms. The minimum Gasteiger partial charge on any atom is -0.325 e. The molecule has 0 aliphatic carbocycles. The van der Waals surface area contributed by atoms with E-state index >= 15 is 0 Å². The summed E-state index contributed by atoms with van der Waals surface area (Å²) in [7, 11) is -3.55. The normalized spacial score (nSPS) is 15.0. The molecule has 0 bridgehead atoms. The standard InChI is InChI=1S/C23H26N4O3S2/c1-2-13-27-21-12-5-4-11-20(21)25-23(27)31-17-22(28)24-18-9-8-10-19(16-18)32(29,30)26-14-6-3-7-15-26/h2,4-5,8-12,16H,1,3,6-7,13-15,17H2,(H,24,28). The first-order valence-corrected chi connectivity index (χ1v) is 13.0. The van der Waals surface area contributed by atoms with Gasteiger partial charge in [-0.25, -0.2) is 13.4 Å². The topological polar surface area (TPSA) is 84.3 Å². The van der Waals surface area contributed by atoms with Gasteiger partial charge in [0, 0.05) is 25.3 Å². The van der Waals surface area contributed by atoms with Crippen LogP contribution in [0.5, 0.6) is 0 Å². The van der Waals surface area contributed by atoms with Gasteiger partial charge in [-0.3, -0.25) is 4.79 Å². The molecular formula is C23H26N4O3S2. The number of para-hydroxylation sites is 2. The van der Waals surface area contributed by atoms with Crippen molar-refractivity contribution in [1.29, 1.82) is 0 Å². The molecule has 2 aromatic carbocycles. The molecule has 1 saturated heterocycles. The number of sulfonamides is 1. The van der Waals surface area contributed by atoms with Gasteiger partial charge in [-0.2, -0.15) is 4.31 Å². The van der Waals surface area contributed by atoms with Gasteiger partial charge in [0.05, 0.1) is 21.7 Å². The Hall–Kier alpha value is -2.62. The number of benzene rings is 2. The molecule has 1 aliphatic heterocycles. The van der Waals surface area contributed by atoms with Crippen LogP contribution in [-0.4, -0.2) is 47.0 Å². The summed E-state index contributed by atoms with van der Waals surface area (Å²) in [5.74, 6) is -0.0662. The number of rotatable bonds is 8. The van der Waals surface area contributed by atoms with E-state index in [0.717, 1.165) is 35.5 Å². The molecule has 1 aromatic heterocycles. The second-order valence-corrected chi connectivity index (χ2v) is 10.5. The molecule has 0 spiro atoms. The molecule has 0 radical (unpaired) electrons. The average Bonchev–Trinajstić information content (AvgIpc) is 3.16. The van der Waals surface area contributed by atoms with Crippen LogP contribution in [0.1, 0.15) is 19.3 Å². The largest absolute Gasteiger partial charge is 0.325 e. The van der Waals surface area contributed by atoms with Gasteiger partial charge in [0.2, 0.25) is 15.9 Å². The number of nitrogens with zero attached hydrogens (tertiary/aromatic N) is 3. The summed E-state index contributed by atoms with van der Waals surface area (Å²) in [4.78, 5) is 17.4. The lowest BCUT2D eigenvalue weighted by Gasteiger charge is -2.26. The second kappa shape index (κ2) is 9.89. The molecule has 4 rings (SSSR count). The average molecular weight is 471 g/mol. The van der Waals surface area contributed by atoms with Gasteiger partial charge in [0.1, 0.15) is 0 Å². The third-order valence-electron chi connectivity index (χ3n) is 5.33. The Morgan fingerprint density at radius 1 is 1.12 bits per heavy atom. The number of fused-ring (bicyclic) bond motifs is 1. The summed E-state index contributed by atoms with van der Waals surface area (Å²) in [6.45, 7) is 5.49. The molecule has 3 aromatic rings. The van der Waals surface area contributed by atoms with Crippen LogP contribution in [0.25, 0.3) is 11.0 Å². The first-order valence-electron chi connectivity index (χ1n) is 10.6. The number of amides is 1. The number of carbonyl (C=O) groups excluding carboxylic acids is 1. The van der Waals surface area contributed by atoms with Crippen molar-refractivity contribution < 1.29 is 13.2 Å². The van der Waals surface area contributed by atoms with Crippen LogP contribution in [0.4, 0.5) is 5.69 Å². The molecule has 32 heavy (non-hydrogen) atoms. The van der Waals surface area contributed by atoms with Crippen molar-refractivity contribution in [2.75, 3.05) is 24.2 Å². The van der Waals surface area contributed by atoms with E-state index in [-0.39, 0.29) is 16.6 Å². The third kappa shape index (κ3) is 4.90. The Labute approximate surface area is 192 Å². The zero-order valence-electron chi connectivity index (χ0n) is 17.7. The van der Waals surface area contributed by atoms with Gasteiger partial charge in [-0.05, 0) is 43.2 Å². The lowest BCUT2D eigenvalue weighted by Crippen LogP contribution is -2.35. The van der Waals surface area contributed by atoms with E-state index in [2.05, 4.69) is 16.9 Å². The number of carbonyl (C=O) groups is 1. The van der Waals surface area contributed by atoms with Crippen molar-refractivity contribution in [3.8, 4) is 0 Å². The van der Waals surface area contributed by atoms with E-state index in [9.17, 15) is 13.2 Å². The number of aromatic nitrogens is 2. The van der Waals surface area contributed by atoms with Crippen molar-refractivity contribution in [3.63, 3.8) is 0 Å². The van der Waals surface area contributed by atoms with E-state index < -0.39 is 10.0 Å². The maximum Gasteiger partial charge on any atom is 0.243 e. The molecule has 1 amide bonds. The van der Waals surface area contributed by atoms with Gasteiger partial charge in [-0.15, -0.1) is 6.58 Å². The van der Waals surface area contributed by atoms with Crippen molar-refractivity contribution in [1.82, 2.24) is 13.9 Å². The zero-order chi connectivity index (χ0) is 22.6. The van der Waals surface area contributed by atoms with Gasteiger partial charge < -0.3 is 9.88 Å².